The molecule has 1 aliphatic rings. The third-order valence-electron chi connectivity index (χ3n) is 6.20. The molecule has 0 radical (unpaired) electrons. The van der Waals surface area contributed by atoms with Gasteiger partial charge in [-0.05, 0) is 47.2 Å². The molecule has 1 heterocycles. The standard InChI is InChI=1S/C26H22F3N3OS/c27-26(28,29)16-30-23(33)25(14-7-15-34-24-31-21-12-5-6-13-22(21)32-24)19-10-3-1-8-17(19)18-9-2-4-11-20(18)25/h1-6,8-13H,7,14-16H2,(H,30,33)(H,31,32). The SMILES string of the molecule is O=C(NCC(F)(F)F)C1(CCCSc2nc3ccccc3[nH]2)c2ccccc2-c2ccccc21. The summed E-state index contributed by atoms with van der Waals surface area (Å²) in [6.07, 6.45) is -3.48. The maximum atomic E-state index is 13.5. The van der Waals surface area contributed by atoms with Gasteiger partial charge in [0, 0.05) is 5.75 Å². The minimum atomic E-state index is -4.48. The number of nitrogens with one attached hydrogen (secondary N) is 2. The van der Waals surface area contributed by atoms with E-state index in [1.165, 1.54) is 0 Å². The second-order valence-electron chi connectivity index (χ2n) is 8.31. The Labute approximate surface area is 199 Å². The maximum Gasteiger partial charge on any atom is 0.405 e. The van der Waals surface area contributed by atoms with Gasteiger partial charge in [-0.25, -0.2) is 4.98 Å². The van der Waals surface area contributed by atoms with Gasteiger partial charge >= 0.3 is 6.18 Å². The second kappa shape index (κ2) is 8.83. The molecule has 4 nitrogen and oxygen atoms in total. The van der Waals surface area contributed by atoms with Crippen molar-refractivity contribution in [1.82, 2.24) is 15.3 Å². The number of carbonyl (C=O) groups excluding carboxylic acids is 1. The van der Waals surface area contributed by atoms with Crippen molar-refractivity contribution in [3.63, 3.8) is 0 Å². The molecule has 0 saturated heterocycles. The van der Waals surface area contributed by atoms with Gasteiger partial charge in [-0.3, -0.25) is 4.79 Å². The van der Waals surface area contributed by atoms with E-state index < -0.39 is 24.0 Å². The molecule has 4 aromatic rings. The number of hydrogen-bond donors (Lipinski definition) is 2. The number of hydrogen-bond acceptors (Lipinski definition) is 3. The van der Waals surface area contributed by atoms with Crippen LogP contribution in [0.2, 0.25) is 0 Å². The number of aromatic amines is 1. The van der Waals surface area contributed by atoms with Crippen LogP contribution in [0, 0.1) is 0 Å². The summed E-state index contributed by atoms with van der Waals surface area (Å²) in [5.74, 6) is 0.0503. The zero-order valence-corrected chi connectivity index (χ0v) is 19.0. The number of H-pyrrole nitrogens is 1. The van der Waals surface area contributed by atoms with Crippen molar-refractivity contribution < 1.29 is 18.0 Å². The molecule has 0 bridgehead atoms. The summed E-state index contributed by atoms with van der Waals surface area (Å²) in [7, 11) is 0. The van der Waals surface area contributed by atoms with Crippen molar-refractivity contribution in [2.24, 2.45) is 0 Å². The minimum Gasteiger partial charge on any atom is -0.346 e. The molecule has 3 aromatic carbocycles. The summed E-state index contributed by atoms with van der Waals surface area (Å²) in [6, 6.07) is 22.8. The van der Waals surface area contributed by atoms with Crippen LogP contribution in [-0.2, 0) is 10.2 Å². The van der Waals surface area contributed by atoms with E-state index in [1.54, 1.807) is 11.8 Å². The number of carbonyl (C=O) groups is 1. The molecule has 1 amide bonds. The van der Waals surface area contributed by atoms with Gasteiger partial charge < -0.3 is 10.3 Å². The predicted octanol–water partition coefficient (Wildman–Crippen LogP) is 6.08. The highest BCUT2D eigenvalue weighted by Gasteiger charge is 2.49. The number of para-hydroxylation sites is 2. The first-order chi connectivity index (χ1) is 16.4. The van der Waals surface area contributed by atoms with Crippen molar-refractivity contribution in [1.29, 1.82) is 0 Å². The summed E-state index contributed by atoms with van der Waals surface area (Å²) in [4.78, 5) is 21.3. The summed E-state index contributed by atoms with van der Waals surface area (Å²) in [5.41, 5.74) is 3.95. The summed E-state index contributed by atoms with van der Waals surface area (Å²) < 4.78 is 38.9. The van der Waals surface area contributed by atoms with Crippen LogP contribution in [0.3, 0.4) is 0 Å². The number of amides is 1. The average Bonchev–Trinajstić information content (AvgIpc) is 3.37. The number of aromatic nitrogens is 2. The molecule has 0 unspecified atom stereocenters. The largest absolute Gasteiger partial charge is 0.405 e. The predicted molar refractivity (Wildman–Crippen MR) is 128 cm³/mol. The zero-order chi connectivity index (χ0) is 23.8. The molecule has 174 valence electrons. The van der Waals surface area contributed by atoms with Crippen LogP contribution in [0.15, 0.2) is 78.0 Å². The van der Waals surface area contributed by atoms with Crippen molar-refractivity contribution >= 4 is 28.7 Å². The Bertz CT molecular complexity index is 1270. The quantitative estimate of drug-likeness (QED) is 0.248. The molecule has 0 saturated carbocycles. The smallest absolute Gasteiger partial charge is 0.346 e. The molecule has 2 N–H and O–H groups in total. The van der Waals surface area contributed by atoms with Gasteiger partial charge in [0.2, 0.25) is 5.91 Å². The first-order valence-corrected chi connectivity index (χ1v) is 12.0. The third kappa shape index (κ3) is 4.07. The van der Waals surface area contributed by atoms with Gasteiger partial charge in [0.05, 0.1) is 11.0 Å². The van der Waals surface area contributed by atoms with Crippen molar-refractivity contribution in [2.45, 2.75) is 29.6 Å². The highest BCUT2D eigenvalue weighted by atomic mass is 32.2. The lowest BCUT2D eigenvalue weighted by atomic mass is 9.73. The lowest BCUT2D eigenvalue weighted by Crippen LogP contribution is -2.47. The molecule has 1 aliphatic carbocycles. The third-order valence-corrected chi connectivity index (χ3v) is 7.16. The molecule has 8 heteroatoms. The Kier molecular flexibility index (Phi) is 5.85. The Hall–Kier alpha value is -3.26. The van der Waals surface area contributed by atoms with Crippen molar-refractivity contribution in [3.8, 4) is 11.1 Å². The number of fused-ring (bicyclic) bond motifs is 4. The topological polar surface area (TPSA) is 57.8 Å². The van der Waals surface area contributed by atoms with Crippen LogP contribution >= 0.6 is 11.8 Å². The van der Waals surface area contributed by atoms with Gasteiger partial charge in [-0.15, -0.1) is 0 Å². The van der Waals surface area contributed by atoms with Crippen LogP contribution < -0.4 is 5.32 Å². The number of alkyl halides is 3. The fourth-order valence-corrected chi connectivity index (χ4v) is 5.62. The van der Waals surface area contributed by atoms with Crippen LogP contribution in [0.4, 0.5) is 13.2 Å². The molecule has 1 aromatic heterocycles. The van der Waals surface area contributed by atoms with Crippen molar-refractivity contribution in [3.05, 3.63) is 83.9 Å². The van der Waals surface area contributed by atoms with E-state index >= 15 is 0 Å². The molecule has 5 rings (SSSR count). The van der Waals surface area contributed by atoms with Crippen LogP contribution in [-0.4, -0.2) is 34.3 Å². The zero-order valence-electron chi connectivity index (χ0n) is 18.2. The number of imidazole rings is 1. The summed E-state index contributed by atoms with van der Waals surface area (Å²) in [5, 5.41) is 2.96. The number of nitrogens with zero attached hydrogens (tertiary/aromatic N) is 1. The Morgan fingerprint density at radius 2 is 1.56 bits per heavy atom. The second-order valence-corrected chi connectivity index (χ2v) is 9.39. The lowest BCUT2D eigenvalue weighted by molar-refractivity contribution is -0.141. The molecular formula is C26H22F3N3OS. The highest BCUT2D eigenvalue weighted by Crippen LogP contribution is 2.51. The molecule has 34 heavy (non-hydrogen) atoms. The van der Waals surface area contributed by atoms with E-state index in [-0.39, 0.29) is 0 Å². The molecule has 0 spiro atoms. The number of thioether (sulfide) groups is 1. The minimum absolute atomic E-state index is 0.387. The normalized spacial score (nSPS) is 14.1. The average molecular weight is 482 g/mol. The van der Waals surface area contributed by atoms with Gasteiger partial charge in [0.1, 0.15) is 12.0 Å². The van der Waals surface area contributed by atoms with Crippen LogP contribution in [0.5, 0.6) is 0 Å². The van der Waals surface area contributed by atoms with E-state index in [1.807, 2.05) is 72.8 Å². The van der Waals surface area contributed by atoms with Gasteiger partial charge in [0.15, 0.2) is 5.16 Å². The monoisotopic (exact) mass is 481 g/mol. The number of halogens is 3. The van der Waals surface area contributed by atoms with E-state index in [0.29, 0.717) is 18.6 Å². The molecular weight excluding hydrogens is 459 g/mol. The van der Waals surface area contributed by atoms with Gasteiger partial charge in [-0.2, -0.15) is 13.2 Å². The fourth-order valence-electron chi connectivity index (χ4n) is 4.79. The summed E-state index contributed by atoms with van der Waals surface area (Å²) in [6.45, 7) is -1.36. The molecule has 0 atom stereocenters. The lowest BCUT2D eigenvalue weighted by Gasteiger charge is -2.31. The molecule has 0 fully saturated rings. The van der Waals surface area contributed by atoms with Gasteiger partial charge in [0.25, 0.3) is 0 Å². The van der Waals surface area contributed by atoms with E-state index in [9.17, 15) is 18.0 Å². The van der Waals surface area contributed by atoms with Crippen molar-refractivity contribution in [2.75, 3.05) is 12.3 Å². The Balaban J connectivity index is 1.43. The first-order valence-electron chi connectivity index (χ1n) is 11.0. The first kappa shape index (κ1) is 22.5. The van der Waals surface area contributed by atoms with E-state index in [0.717, 1.165) is 38.4 Å². The Morgan fingerprint density at radius 1 is 0.941 bits per heavy atom. The van der Waals surface area contributed by atoms with E-state index in [2.05, 4.69) is 15.3 Å². The maximum absolute atomic E-state index is 13.5. The highest BCUT2D eigenvalue weighted by molar-refractivity contribution is 7.99. The Morgan fingerprint density at radius 3 is 2.21 bits per heavy atom. The summed E-state index contributed by atoms with van der Waals surface area (Å²) >= 11 is 1.54. The van der Waals surface area contributed by atoms with Gasteiger partial charge in [-0.1, -0.05) is 72.4 Å². The fraction of sp³-hybridized carbons (Fsp3) is 0.231. The van der Waals surface area contributed by atoms with Crippen LogP contribution in [0.25, 0.3) is 22.2 Å². The molecule has 0 aliphatic heterocycles. The van der Waals surface area contributed by atoms with E-state index in [4.69, 9.17) is 0 Å². The van der Waals surface area contributed by atoms with Crippen LogP contribution in [0.1, 0.15) is 24.0 Å². The number of benzene rings is 3. The number of rotatable bonds is 7.